The summed E-state index contributed by atoms with van der Waals surface area (Å²) in [5.74, 6) is 0.916. The predicted octanol–water partition coefficient (Wildman–Crippen LogP) is 0.734. The third-order valence-electron chi connectivity index (χ3n) is 2.83. The summed E-state index contributed by atoms with van der Waals surface area (Å²) in [5.41, 5.74) is 0. The number of nitrogens with zero attached hydrogens (tertiary/aromatic N) is 1. The van der Waals surface area contributed by atoms with Crippen LogP contribution in [0.2, 0.25) is 0 Å². The van der Waals surface area contributed by atoms with E-state index in [1.165, 1.54) is 19.3 Å². The molecule has 0 spiro atoms. The number of hydroxylamine groups is 3. The Labute approximate surface area is 105 Å². The average molecular weight is 166 g/mol. The van der Waals surface area contributed by atoms with Gasteiger partial charge in [0.2, 0.25) is 0 Å². The summed E-state index contributed by atoms with van der Waals surface area (Å²) in [6.45, 7) is 2.72. The van der Waals surface area contributed by atoms with Gasteiger partial charge < -0.3 is 9.85 Å². The molecular weight excluding hydrogens is 153 g/mol. The monoisotopic (exact) mass is 166 g/mol. The van der Waals surface area contributed by atoms with Gasteiger partial charge in [0.25, 0.3) is 0 Å². The summed E-state index contributed by atoms with van der Waals surface area (Å²) in [4.78, 5) is 0. The molecule has 0 aromatic carbocycles. The van der Waals surface area contributed by atoms with Crippen LogP contribution in [-0.4, -0.2) is 75.7 Å². The van der Waals surface area contributed by atoms with Crippen molar-refractivity contribution in [3.63, 3.8) is 0 Å². The van der Waals surface area contributed by atoms with Crippen LogP contribution in [0, 0.1) is 11.1 Å². The topological polar surface area (TPSA) is 23.1 Å². The molecule has 3 saturated heterocycles. The van der Waals surface area contributed by atoms with E-state index in [0.29, 0.717) is 0 Å². The molecule has 0 unspecified atom stereocenters. The fourth-order valence-electron chi connectivity index (χ4n) is 2.02. The first-order chi connectivity index (χ1) is 4.29. The van der Waals surface area contributed by atoms with Gasteiger partial charge in [0.15, 0.2) is 0 Å². The second-order valence-electron chi connectivity index (χ2n) is 3.46. The van der Waals surface area contributed by atoms with Gasteiger partial charge in [-0.25, -0.2) is 0 Å². The Morgan fingerprint density at radius 2 is 1.40 bits per heavy atom. The Bertz CT molecular complexity index is 107. The Kier molecular flexibility index (Phi) is 3.39. The van der Waals surface area contributed by atoms with Crippen molar-refractivity contribution in [1.82, 2.24) is 0 Å². The van der Waals surface area contributed by atoms with E-state index in [2.05, 4.69) is 0 Å². The number of piperidine rings is 3. The Morgan fingerprint density at radius 3 is 1.60 bits per heavy atom. The van der Waals surface area contributed by atoms with Crippen LogP contribution in [-0.2, 0) is 0 Å². The molecule has 0 aromatic heterocycles. The molecule has 0 aliphatic carbocycles. The molecule has 1 radical (unpaired) electrons. The standard InChI is InChI=1S/C7H13NO.K/c9-8-4-1-7(2-5-8)3-6-8;/h7H,1-6H2;. The average Bonchev–Trinajstić information content (AvgIpc) is 1.90. The normalized spacial score (nSPS) is 44.7. The van der Waals surface area contributed by atoms with Crippen LogP contribution in [0.25, 0.3) is 0 Å². The second kappa shape index (κ2) is 3.52. The van der Waals surface area contributed by atoms with E-state index in [-0.39, 0.29) is 56.0 Å². The third-order valence-corrected chi connectivity index (χ3v) is 2.83. The zero-order valence-electron chi connectivity index (χ0n) is 6.68. The molecule has 10 heavy (non-hydrogen) atoms. The van der Waals surface area contributed by atoms with Crippen LogP contribution in [0.15, 0.2) is 0 Å². The van der Waals surface area contributed by atoms with Crippen molar-refractivity contribution < 1.29 is 4.65 Å². The van der Waals surface area contributed by atoms with Crippen LogP contribution < -0.4 is 0 Å². The SMILES string of the molecule is [K].[O-][N+]12CCC(CC1)CC2. The number of fused-ring (bicyclic) bond motifs is 3. The summed E-state index contributed by atoms with van der Waals surface area (Å²) in [5, 5.41) is 11.5. The molecular formula is C7H13KNO. The summed E-state index contributed by atoms with van der Waals surface area (Å²) in [6.07, 6.45) is 3.59. The number of hydrogen-bond acceptors (Lipinski definition) is 1. The first-order valence-electron chi connectivity index (χ1n) is 3.86. The van der Waals surface area contributed by atoms with Crippen molar-refractivity contribution in [2.75, 3.05) is 19.6 Å². The zero-order valence-corrected chi connectivity index (χ0v) is 9.80. The minimum atomic E-state index is 0. The number of rotatable bonds is 0. The van der Waals surface area contributed by atoms with Gasteiger partial charge in [-0.1, -0.05) is 0 Å². The maximum Gasteiger partial charge on any atom is 0.0786 e. The quantitative estimate of drug-likeness (QED) is 0.296. The maximum atomic E-state index is 11.5. The predicted molar refractivity (Wildman–Crippen MR) is 41.3 cm³/mol. The first kappa shape index (κ1) is 9.64. The van der Waals surface area contributed by atoms with E-state index in [1.54, 1.807) is 0 Å². The van der Waals surface area contributed by atoms with Crippen LogP contribution in [0.5, 0.6) is 0 Å². The van der Waals surface area contributed by atoms with Crippen molar-refractivity contribution >= 4 is 51.4 Å². The van der Waals surface area contributed by atoms with Gasteiger partial charge in [0.1, 0.15) is 0 Å². The van der Waals surface area contributed by atoms with Gasteiger partial charge in [-0.15, -0.1) is 0 Å². The molecule has 0 N–H and O–H groups in total. The molecule has 0 saturated carbocycles. The van der Waals surface area contributed by atoms with E-state index in [0.717, 1.165) is 25.6 Å². The van der Waals surface area contributed by atoms with Gasteiger partial charge >= 0.3 is 0 Å². The number of quaternary nitrogens is 1. The van der Waals surface area contributed by atoms with Crippen molar-refractivity contribution in [1.29, 1.82) is 0 Å². The molecule has 3 rings (SSSR count). The molecule has 3 heterocycles. The zero-order chi connectivity index (χ0) is 6.32. The minimum absolute atomic E-state index is 0. The van der Waals surface area contributed by atoms with Gasteiger partial charge in [0.05, 0.1) is 19.6 Å². The minimum Gasteiger partial charge on any atom is -0.633 e. The molecule has 2 nitrogen and oxygen atoms in total. The largest absolute Gasteiger partial charge is 0.633 e. The molecule has 3 heteroatoms. The van der Waals surface area contributed by atoms with Crippen molar-refractivity contribution in [2.45, 2.75) is 19.3 Å². The van der Waals surface area contributed by atoms with E-state index >= 15 is 0 Å². The molecule has 3 aliphatic heterocycles. The maximum absolute atomic E-state index is 11.5. The van der Waals surface area contributed by atoms with E-state index in [4.69, 9.17) is 0 Å². The van der Waals surface area contributed by atoms with Crippen molar-refractivity contribution in [3.05, 3.63) is 5.21 Å². The molecule has 2 bridgehead atoms. The Hall–Kier alpha value is 1.56. The van der Waals surface area contributed by atoms with Gasteiger partial charge in [-0.3, -0.25) is 0 Å². The molecule has 3 fully saturated rings. The van der Waals surface area contributed by atoms with Gasteiger partial charge in [-0.05, 0) is 5.92 Å². The molecule has 0 aromatic rings. The Morgan fingerprint density at radius 1 is 1.00 bits per heavy atom. The van der Waals surface area contributed by atoms with Crippen molar-refractivity contribution in [3.8, 4) is 0 Å². The summed E-state index contributed by atoms with van der Waals surface area (Å²) in [6, 6.07) is 0. The fourth-order valence-corrected chi connectivity index (χ4v) is 2.02. The number of hydrogen-bond donors (Lipinski definition) is 0. The first-order valence-corrected chi connectivity index (χ1v) is 3.86. The van der Waals surface area contributed by atoms with Crippen molar-refractivity contribution in [2.24, 2.45) is 5.92 Å². The van der Waals surface area contributed by atoms with E-state index in [9.17, 15) is 5.21 Å². The smallest absolute Gasteiger partial charge is 0.0786 e. The van der Waals surface area contributed by atoms with Crippen LogP contribution >= 0.6 is 0 Å². The third kappa shape index (κ3) is 1.83. The second-order valence-corrected chi connectivity index (χ2v) is 3.46. The van der Waals surface area contributed by atoms with E-state index in [1.807, 2.05) is 0 Å². The van der Waals surface area contributed by atoms with Crippen LogP contribution in [0.3, 0.4) is 0 Å². The molecule has 53 valence electrons. The van der Waals surface area contributed by atoms with Gasteiger partial charge in [-0.2, -0.15) is 0 Å². The van der Waals surface area contributed by atoms with Crippen LogP contribution in [0.4, 0.5) is 0 Å². The van der Waals surface area contributed by atoms with Crippen LogP contribution in [0.1, 0.15) is 19.3 Å². The summed E-state index contributed by atoms with van der Waals surface area (Å²) < 4.78 is 0.135. The fraction of sp³-hybridized carbons (Fsp3) is 1.00. The Balaban J connectivity index is 0.000000500. The van der Waals surface area contributed by atoms with Gasteiger partial charge in [0, 0.05) is 70.6 Å². The molecule has 0 amide bonds. The van der Waals surface area contributed by atoms with E-state index < -0.39 is 0 Å². The summed E-state index contributed by atoms with van der Waals surface area (Å²) >= 11 is 0. The molecule has 0 atom stereocenters. The molecule has 3 aliphatic rings. The summed E-state index contributed by atoms with van der Waals surface area (Å²) in [7, 11) is 0.